The van der Waals surface area contributed by atoms with Gasteiger partial charge in [-0.15, -0.1) is 0 Å². The number of fused-ring (bicyclic) bond motifs is 3. The van der Waals surface area contributed by atoms with Crippen LogP contribution in [0.3, 0.4) is 0 Å². The second-order valence-electron chi connectivity index (χ2n) is 5.33. The Kier molecular flexibility index (Phi) is 2.89. The van der Waals surface area contributed by atoms with Gasteiger partial charge < -0.3 is 0 Å². The molecule has 0 atom stereocenters. The van der Waals surface area contributed by atoms with E-state index in [9.17, 15) is 4.39 Å². The number of benzene rings is 2. The van der Waals surface area contributed by atoms with Gasteiger partial charge in [0.05, 0.1) is 11.0 Å². The molecule has 0 aliphatic rings. The molecule has 1 N–H and O–H groups in total. The van der Waals surface area contributed by atoms with E-state index in [0.29, 0.717) is 0 Å². The van der Waals surface area contributed by atoms with Crippen molar-refractivity contribution in [3.05, 3.63) is 60.0 Å². The Balaban J connectivity index is 1.99. The molecule has 0 saturated carbocycles. The van der Waals surface area contributed by atoms with Gasteiger partial charge in [0.2, 0.25) is 0 Å². The van der Waals surface area contributed by atoms with Crippen LogP contribution >= 0.6 is 0 Å². The van der Waals surface area contributed by atoms with E-state index >= 15 is 0 Å². The molecular weight excluding hydrogens is 277 g/mol. The average Bonchev–Trinajstić information content (AvgIpc) is 2.99. The van der Waals surface area contributed by atoms with Crippen LogP contribution in [-0.4, -0.2) is 15.2 Å². The van der Waals surface area contributed by atoms with Gasteiger partial charge in [-0.3, -0.25) is 10.1 Å². The molecule has 22 heavy (non-hydrogen) atoms. The highest BCUT2D eigenvalue weighted by atomic mass is 19.1. The van der Waals surface area contributed by atoms with Crippen LogP contribution in [0.25, 0.3) is 33.1 Å². The molecule has 0 aliphatic carbocycles. The summed E-state index contributed by atoms with van der Waals surface area (Å²) in [6.45, 7) is 2.13. The van der Waals surface area contributed by atoms with E-state index in [-0.39, 0.29) is 5.82 Å². The third-order valence-corrected chi connectivity index (χ3v) is 3.99. The van der Waals surface area contributed by atoms with Gasteiger partial charge in [0.1, 0.15) is 11.5 Å². The number of nitrogens with zero attached hydrogens (tertiary/aromatic N) is 2. The molecule has 0 radical (unpaired) electrons. The first kappa shape index (κ1) is 13.0. The highest BCUT2D eigenvalue weighted by Gasteiger charge is 2.11. The second kappa shape index (κ2) is 4.91. The van der Waals surface area contributed by atoms with E-state index < -0.39 is 0 Å². The molecule has 2 aromatic heterocycles. The first-order chi connectivity index (χ1) is 10.8. The van der Waals surface area contributed by atoms with Crippen LogP contribution in [0.4, 0.5) is 4.39 Å². The van der Waals surface area contributed by atoms with Gasteiger partial charge in [0, 0.05) is 22.5 Å². The van der Waals surface area contributed by atoms with Crippen molar-refractivity contribution in [2.24, 2.45) is 0 Å². The van der Waals surface area contributed by atoms with Gasteiger partial charge in [-0.1, -0.05) is 13.0 Å². The molecule has 0 spiro atoms. The van der Waals surface area contributed by atoms with Crippen LogP contribution < -0.4 is 0 Å². The van der Waals surface area contributed by atoms with Gasteiger partial charge in [0.25, 0.3) is 0 Å². The third-order valence-electron chi connectivity index (χ3n) is 3.99. The number of hydrogen-bond donors (Lipinski definition) is 1. The van der Waals surface area contributed by atoms with Crippen molar-refractivity contribution in [3.8, 4) is 11.3 Å². The summed E-state index contributed by atoms with van der Waals surface area (Å²) in [5, 5.41) is 9.54. The second-order valence-corrected chi connectivity index (χ2v) is 5.33. The van der Waals surface area contributed by atoms with Crippen molar-refractivity contribution in [1.82, 2.24) is 15.2 Å². The Morgan fingerprint density at radius 3 is 2.64 bits per heavy atom. The summed E-state index contributed by atoms with van der Waals surface area (Å²) in [5.41, 5.74) is 4.85. The number of aromatic amines is 1. The van der Waals surface area contributed by atoms with Crippen LogP contribution in [0.15, 0.2) is 48.7 Å². The summed E-state index contributed by atoms with van der Waals surface area (Å²) in [5.74, 6) is -0.250. The molecule has 108 valence electrons. The largest absolute Gasteiger partial charge is 0.276 e. The maximum atomic E-state index is 13.1. The summed E-state index contributed by atoms with van der Waals surface area (Å²) in [7, 11) is 0. The highest BCUT2D eigenvalue weighted by molar-refractivity contribution is 6.07. The number of halogens is 1. The zero-order chi connectivity index (χ0) is 15.1. The van der Waals surface area contributed by atoms with Crippen LogP contribution in [-0.2, 0) is 6.42 Å². The maximum Gasteiger partial charge on any atom is 0.123 e. The van der Waals surface area contributed by atoms with E-state index in [2.05, 4.69) is 34.2 Å². The lowest BCUT2D eigenvalue weighted by Crippen LogP contribution is -1.85. The predicted octanol–water partition coefficient (Wildman–Crippen LogP) is 4.48. The summed E-state index contributed by atoms with van der Waals surface area (Å²) in [4.78, 5) is 4.53. The number of hydrogen-bond acceptors (Lipinski definition) is 2. The average molecular weight is 291 g/mol. The summed E-state index contributed by atoms with van der Waals surface area (Å²) in [6, 6.07) is 12.6. The molecule has 2 heterocycles. The number of pyridine rings is 1. The standard InChI is InChI=1S/C18H14FN3/c1-2-11-3-8-16-14(9-11)18-15(10-20-16)17(21-22-18)12-4-6-13(19)7-5-12/h3-10H,2H2,1H3,(H,21,22). The lowest BCUT2D eigenvalue weighted by Gasteiger charge is -2.02. The minimum absolute atomic E-state index is 0.250. The van der Waals surface area contributed by atoms with Crippen molar-refractivity contribution in [2.75, 3.05) is 0 Å². The van der Waals surface area contributed by atoms with Crippen molar-refractivity contribution in [3.63, 3.8) is 0 Å². The molecule has 0 saturated heterocycles. The Morgan fingerprint density at radius 1 is 1.05 bits per heavy atom. The number of rotatable bonds is 2. The molecule has 0 bridgehead atoms. The number of aryl methyl sites for hydroxylation is 1. The van der Waals surface area contributed by atoms with Crippen molar-refractivity contribution in [2.45, 2.75) is 13.3 Å². The molecule has 4 heteroatoms. The van der Waals surface area contributed by atoms with Gasteiger partial charge in [-0.05, 0) is 48.4 Å². The Hall–Kier alpha value is -2.75. The number of aromatic nitrogens is 3. The quantitative estimate of drug-likeness (QED) is 0.591. The monoisotopic (exact) mass is 291 g/mol. The SMILES string of the molecule is CCc1ccc2ncc3c(-c4ccc(F)cc4)n[nH]c3c2c1. The van der Waals surface area contributed by atoms with E-state index in [1.807, 2.05) is 12.3 Å². The van der Waals surface area contributed by atoms with E-state index in [1.54, 1.807) is 12.1 Å². The summed E-state index contributed by atoms with van der Waals surface area (Å²) < 4.78 is 13.1. The zero-order valence-corrected chi connectivity index (χ0v) is 12.1. The Bertz CT molecular complexity index is 971. The molecule has 4 rings (SSSR count). The molecule has 0 aliphatic heterocycles. The van der Waals surface area contributed by atoms with Crippen LogP contribution in [0, 0.1) is 5.82 Å². The molecule has 0 unspecified atom stereocenters. The van der Waals surface area contributed by atoms with Crippen LogP contribution in [0.1, 0.15) is 12.5 Å². The molecular formula is C18H14FN3. The first-order valence-electron chi connectivity index (χ1n) is 7.28. The van der Waals surface area contributed by atoms with E-state index in [4.69, 9.17) is 0 Å². The van der Waals surface area contributed by atoms with Crippen molar-refractivity contribution in [1.29, 1.82) is 0 Å². The Labute approximate surface area is 126 Å². The van der Waals surface area contributed by atoms with Gasteiger partial charge in [0.15, 0.2) is 0 Å². The van der Waals surface area contributed by atoms with E-state index in [0.717, 1.165) is 39.5 Å². The normalized spacial score (nSPS) is 11.4. The molecule has 0 fully saturated rings. The molecule has 4 aromatic rings. The predicted molar refractivity (Wildman–Crippen MR) is 86.2 cm³/mol. The minimum Gasteiger partial charge on any atom is -0.276 e. The summed E-state index contributed by atoms with van der Waals surface area (Å²) >= 11 is 0. The highest BCUT2D eigenvalue weighted by Crippen LogP contribution is 2.30. The Morgan fingerprint density at radius 2 is 1.86 bits per heavy atom. The van der Waals surface area contributed by atoms with Gasteiger partial charge in [-0.2, -0.15) is 5.10 Å². The van der Waals surface area contributed by atoms with Gasteiger partial charge >= 0.3 is 0 Å². The molecule has 0 amide bonds. The number of H-pyrrole nitrogens is 1. The topological polar surface area (TPSA) is 41.6 Å². The lowest BCUT2D eigenvalue weighted by molar-refractivity contribution is 0.628. The van der Waals surface area contributed by atoms with Crippen molar-refractivity contribution < 1.29 is 4.39 Å². The summed E-state index contributed by atoms with van der Waals surface area (Å²) in [6.07, 6.45) is 2.80. The van der Waals surface area contributed by atoms with Crippen LogP contribution in [0.5, 0.6) is 0 Å². The fourth-order valence-corrected chi connectivity index (χ4v) is 2.76. The van der Waals surface area contributed by atoms with Crippen molar-refractivity contribution >= 4 is 21.8 Å². The number of nitrogens with one attached hydrogen (secondary N) is 1. The van der Waals surface area contributed by atoms with Gasteiger partial charge in [-0.25, -0.2) is 4.39 Å². The van der Waals surface area contributed by atoms with Crippen LogP contribution in [0.2, 0.25) is 0 Å². The fraction of sp³-hybridized carbons (Fsp3) is 0.111. The fourth-order valence-electron chi connectivity index (χ4n) is 2.76. The van der Waals surface area contributed by atoms with E-state index in [1.165, 1.54) is 17.7 Å². The minimum atomic E-state index is -0.250. The maximum absolute atomic E-state index is 13.1. The zero-order valence-electron chi connectivity index (χ0n) is 12.1. The molecule has 3 nitrogen and oxygen atoms in total. The smallest absolute Gasteiger partial charge is 0.123 e. The lowest BCUT2D eigenvalue weighted by atomic mass is 10.0. The molecule has 2 aromatic carbocycles. The first-order valence-corrected chi connectivity index (χ1v) is 7.28. The third kappa shape index (κ3) is 1.96.